The van der Waals surface area contributed by atoms with Crippen LogP contribution in [0.4, 0.5) is 0 Å². The van der Waals surface area contributed by atoms with Gasteiger partial charge in [0.05, 0.1) is 11.1 Å². The van der Waals surface area contributed by atoms with Crippen molar-refractivity contribution in [2.45, 2.75) is 18.4 Å². The fourth-order valence-electron chi connectivity index (χ4n) is 0.816. The molecule has 0 radical (unpaired) electrons. The van der Waals surface area contributed by atoms with Crippen LogP contribution in [0.3, 0.4) is 0 Å². The van der Waals surface area contributed by atoms with E-state index in [-0.39, 0.29) is 0 Å². The molecule has 62 valence electrons. The van der Waals surface area contributed by atoms with E-state index in [1.54, 1.807) is 18.0 Å². The van der Waals surface area contributed by atoms with E-state index in [1.165, 1.54) is 5.56 Å². The van der Waals surface area contributed by atoms with Crippen molar-refractivity contribution >= 4 is 11.8 Å². The monoisotopic (exact) mass is 178 g/mol. The third-order valence-corrected chi connectivity index (χ3v) is 2.52. The molecular weight excluding hydrogens is 168 g/mol. The SMILES string of the molecule is Cc1cccnc1SCCC#N. The summed E-state index contributed by atoms with van der Waals surface area (Å²) in [5.74, 6) is 0.828. The van der Waals surface area contributed by atoms with Crippen molar-refractivity contribution in [2.75, 3.05) is 5.75 Å². The Hall–Kier alpha value is -1.01. The van der Waals surface area contributed by atoms with E-state index in [2.05, 4.69) is 11.1 Å². The number of rotatable bonds is 3. The van der Waals surface area contributed by atoms with Crippen LogP contribution in [0.15, 0.2) is 23.4 Å². The van der Waals surface area contributed by atoms with Gasteiger partial charge in [-0.05, 0) is 18.6 Å². The van der Waals surface area contributed by atoms with Gasteiger partial charge in [-0.2, -0.15) is 5.26 Å². The van der Waals surface area contributed by atoms with E-state index in [9.17, 15) is 0 Å². The minimum atomic E-state index is 0.584. The highest BCUT2D eigenvalue weighted by molar-refractivity contribution is 7.99. The van der Waals surface area contributed by atoms with Crippen LogP contribution in [0.1, 0.15) is 12.0 Å². The highest BCUT2D eigenvalue weighted by Crippen LogP contribution is 2.18. The number of aromatic nitrogens is 1. The third-order valence-electron chi connectivity index (χ3n) is 1.41. The molecule has 0 saturated heterocycles. The number of thioether (sulfide) groups is 1. The van der Waals surface area contributed by atoms with Crippen molar-refractivity contribution in [3.63, 3.8) is 0 Å². The topological polar surface area (TPSA) is 36.7 Å². The molecule has 0 spiro atoms. The summed E-state index contributed by atoms with van der Waals surface area (Å²) in [6.45, 7) is 2.03. The van der Waals surface area contributed by atoms with Crippen molar-refractivity contribution < 1.29 is 0 Å². The predicted molar refractivity (Wildman–Crippen MR) is 49.9 cm³/mol. The Morgan fingerprint density at radius 2 is 2.50 bits per heavy atom. The summed E-state index contributed by atoms with van der Waals surface area (Å²) in [4.78, 5) is 4.20. The molecule has 0 aliphatic heterocycles. The van der Waals surface area contributed by atoms with E-state index in [1.807, 2.05) is 19.1 Å². The zero-order valence-electron chi connectivity index (χ0n) is 6.95. The lowest BCUT2D eigenvalue weighted by atomic mass is 10.3. The Kier molecular flexibility index (Phi) is 3.62. The minimum Gasteiger partial charge on any atom is -0.250 e. The van der Waals surface area contributed by atoms with Gasteiger partial charge in [0.25, 0.3) is 0 Å². The van der Waals surface area contributed by atoms with Gasteiger partial charge in [0.2, 0.25) is 0 Å². The normalized spacial score (nSPS) is 9.33. The average Bonchev–Trinajstić information content (AvgIpc) is 2.09. The molecule has 1 aromatic heterocycles. The summed E-state index contributed by atoms with van der Waals surface area (Å²) >= 11 is 1.64. The summed E-state index contributed by atoms with van der Waals surface area (Å²) in [5.41, 5.74) is 1.18. The Morgan fingerprint density at radius 1 is 1.67 bits per heavy atom. The Balaban J connectivity index is 2.53. The molecule has 12 heavy (non-hydrogen) atoms. The Labute approximate surface area is 76.6 Å². The molecule has 0 N–H and O–H groups in total. The largest absolute Gasteiger partial charge is 0.250 e. The second-order valence-corrected chi connectivity index (χ2v) is 3.47. The van der Waals surface area contributed by atoms with Gasteiger partial charge in [0.1, 0.15) is 0 Å². The van der Waals surface area contributed by atoms with Crippen molar-refractivity contribution in [1.82, 2.24) is 4.98 Å². The van der Waals surface area contributed by atoms with Gasteiger partial charge in [-0.3, -0.25) is 0 Å². The van der Waals surface area contributed by atoms with Crippen LogP contribution >= 0.6 is 11.8 Å². The molecule has 1 heterocycles. The predicted octanol–water partition coefficient (Wildman–Crippen LogP) is 2.40. The number of pyridine rings is 1. The second kappa shape index (κ2) is 4.78. The zero-order chi connectivity index (χ0) is 8.81. The Bertz CT molecular complexity index is 291. The first-order chi connectivity index (χ1) is 5.84. The molecule has 0 atom stereocenters. The standard InChI is InChI=1S/C9H10N2S/c1-8-4-2-6-11-9(8)12-7-3-5-10/h2,4,6H,3,7H2,1H3. The molecule has 3 heteroatoms. The van der Waals surface area contributed by atoms with Gasteiger partial charge < -0.3 is 0 Å². The highest BCUT2D eigenvalue weighted by atomic mass is 32.2. The number of aryl methyl sites for hydroxylation is 1. The maximum atomic E-state index is 8.33. The van der Waals surface area contributed by atoms with Crippen LogP contribution in [0, 0.1) is 18.3 Å². The quantitative estimate of drug-likeness (QED) is 0.526. The molecule has 2 nitrogen and oxygen atoms in total. The molecule has 0 unspecified atom stereocenters. The molecular formula is C9H10N2S. The summed E-state index contributed by atoms with van der Waals surface area (Å²) in [7, 11) is 0. The van der Waals surface area contributed by atoms with Crippen LogP contribution in [0.25, 0.3) is 0 Å². The van der Waals surface area contributed by atoms with Crippen molar-refractivity contribution in [2.24, 2.45) is 0 Å². The lowest BCUT2D eigenvalue weighted by Crippen LogP contribution is -1.85. The first kappa shape index (κ1) is 9.08. The summed E-state index contributed by atoms with van der Waals surface area (Å²) in [6.07, 6.45) is 2.36. The van der Waals surface area contributed by atoms with Crippen LogP contribution < -0.4 is 0 Å². The first-order valence-electron chi connectivity index (χ1n) is 3.76. The van der Waals surface area contributed by atoms with Gasteiger partial charge in [-0.15, -0.1) is 11.8 Å². The van der Waals surface area contributed by atoms with E-state index in [4.69, 9.17) is 5.26 Å². The maximum Gasteiger partial charge on any atom is 0.0989 e. The molecule has 1 aromatic rings. The van der Waals surface area contributed by atoms with Gasteiger partial charge in [0, 0.05) is 18.4 Å². The molecule has 0 saturated carbocycles. The molecule has 1 rings (SSSR count). The minimum absolute atomic E-state index is 0.584. The van der Waals surface area contributed by atoms with Crippen LogP contribution in [0.2, 0.25) is 0 Å². The lowest BCUT2D eigenvalue weighted by molar-refractivity contribution is 1.07. The average molecular weight is 178 g/mol. The molecule has 0 aliphatic rings. The van der Waals surface area contributed by atoms with Gasteiger partial charge in [-0.25, -0.2) is 4.98 Å². The van der Waals surface area contributed by atoms with Crippen LogP contribution in [0.5, 0.6) is 0 Å². The van der Waals surface area contributed by atoms with E-state index < -0.39 is 0 Å². The summed E-state index contributed by atoms with van der Waals surface area (Å²) in [5, 5.41) is 9.36. The van der Waals surface area contributed by atoms with Gasteiger partial charge >= 0.3 is 0 Å². The fourth-order valence-corrected chi connectivity index (χ4v) is 1.63. The summed E-state index contributed by atoms with van der Waals surface area (Å²) in [6, 6.07) is 6.06. The van der Waals surface area contributed by atoms with E-state index in [0.29, 0.717) is 6.42 Å². The molecule has 0 fully saturated rings. The van der Waals surface area contributed by atoms with Crippen molar-refractivity contribution in [1.29, 1.82) is 5.26 Å². The molecule has 0 aliphatic carbocycles. The van der Waals surface area contributed by atoms with Crippen LogP contribution in [-0.4, -0.2) is 10.7 Å². The number of hydrogen-bond donors (Lipinski definition) is 0. The third kappa shape index (κ3) is 2.55. The summed E-state index contributed by atoms with van der Waals surface area (Å²) < 4.78 is 0. The lowest BCUT2D eigenvalue weighted by Gasteiger charge is -2.00. The maximum absolute atomic E-state index is 8.33. The van der Waals surface area contributed by atoms with Crippen molar-refractivity contribution in [3.8, 4) is 6.07 Å². The highest BCUT2D eigenvalue weighted by Gasteiger charge is 1.97. The molecule has 0 bridgehead atoms. The number of nitrogens with zero attached hydrogens (tertiary/aromatic N) is 2. The van der Waals surface area contributed by atoms with Crippen LogP contribution in [-0.2, 0) is 0 Å². The van der Waals surface area contributed by atoms with Gasteiger partial charge in [0.15, 0.2) is 0 Å². The fraction of sp³-hybridized carbons (Fsp3) is 0.333. The van der Waals surface area contributed by atoms with Gasteiger partial charge in [-0.1, -0.05) is 6.07 Å². The van der Waals surface area contributed by atoms with E-state index in [0.717, 1.165) is 10.8 Å². The number of hydrogen-bond acceptors (Lipinski definition) is 3. The molecule has 0 aromatic carbocycles. The number of nitriles is 1. The molecule has 0 amide bonds. The van der Waals surface area contributed by atoms with E-state index >= 15 is 0 Å². The smallest absolute Gasteiger partial charge is 0.0989 e. The first-order valence-corrected chi connectivity index (χ1v) is 4.74. The Morgan fingerprint density at radius 3 is 3.17 bits per heavy atom. The zero-order valence-corrected chi connectivity index (χ0v) is 7.77. The van der Waals surface area contributed by atoms with Crippen molar-refractivity contribution in [3.05, 3.63) is 23.9 Å². The second-order valence-electron chi connectivity index (χ2n) is 2.38.